The van der Waals surface area contributed by atoms with E-state index in [2.05, 4.69) is 25.1 Å². The zero-order valence-corrected chi connectivity index (χ0v) is 7.97. The molecule has 1 nitrogen and oxygen atoms in total. The van der Waals surface area contributed by atoms with Gasteiger partial charge in [0.05, 0.1) is 0 Å². The molecule has 0 aliphatic rings. The van der Waals surface area contributed by atoms with E-state index < -0.39 is 0 Å². The second-order valence-electron chi connectivity index (χ2n) is 3.03. The molecule has 1 unspecified atom stereocenters. The zero-order valence-electron chi connectivity index (χ0n) is 7.97. The van der Waals surface area contributed by atoms with Crippen LogP contribution in [0.5, 0.6) is 0 Å². The molecule has 0 aromatic carbocycles. The average Bonchev–Trinajstić information content (AvgIpc) is 2.05. The van der Waals surface area contributed by atoms with E-state index in [1.54, 1.807) is 0 Å². The molecule has 0 aromatic rings. The van der Waals surface area contributed by atoms with Crippen LogP contribution in [0.3, 0.4) is 0 Å². The third-order valence-corrected chi connectivity index (χ3v) is 1.69. The van der Waals surface area contributed by atoms with Gasteiger partial charge in [0.1, 0.15) is 0 Å². The molecule has 0 saturated heterocycles. The lowest BCUT2D eigenvalue weighted by molar-refractivity contribution is 0.588. The molecule has 0 spiro atoms. The minimum Gasteiger partial charge on any atom is -0.307 e. The second-order valence-corrected chi connectivity index (χ2v) is 3.03. The van der Waals surface area contributed by atoms with E-state index in [0.29, 0.717) is 6.04 Å². The van der Waals surface area contributed by atoms with E-state index in [-0.39, 0.29) is 0 Å². The van der Waals surface area contributed by atoms with Gasteiger partial charge in [-0.25, -0.2) is 0 Å². The molecule has 0 fully saturated rings. The molecular formula is C11H19N. The molecule has 0 radical (unpaired) electrons. The van der Waals surface area contributed by atoms with Gasteiger partial charge >= 0.3 is 0 Å². The normalized spacial score (nSPS) is 12.1. The van der Waals surface area contributed by atoms with E-state index >= 15 is 0 Å². The Bertz CT molecular complexity index is 158. The monoisotopic (exact) mass is 165 g/mol. The fraction of sp³-hybridized carbons (Fsp3) is 0.455. The minimum atomic E-state index is 0.389. The molecular weight excluding hydrogens is 146 g/mol. The maximum absolute atomic E-state index is 3.86. The van der Waals surface area contributed by atoms with Crippen LogP contribution in [0.2, 0.25) is 0 Å². The molecule has 1 N–H and O–H groups in total. The fourth-order valence-electron chi connectivity index (χ4n) is 0.940. The van der Waals surface area contributed by atoms with Gasteiger partial charge in [-0.05, 0) is 19.8 Å². The predicted octanol–water partition coefficient (Wildman–Crippen LogP) is 2.67. The van der Waals surface area contributed by atoms with Crippen LogP contribution in [-0.4, -0.2) is 12.6 Å². The first-order chi connectivity index (χ1) is 5.70. The molecule has 0 aliphatic heterocycles. The lowest BCUT2D eigenvalue weighted by atomic mass is 10.1. The van der Waals surface area contributed by atoms with Crippen LogP contribution in [0.1, 0.15) is 19.8 Å². The Morgan fingerprint density at radius 1 is 1.50 bits per heavy atom. The summed E-state index contributed by atoms with van der Waals surface area (Å²) in [5.74, 6) is 0. The maximum atomic E-state index is 3.86. The summed E-state index contributed by atoms with van der Waals surface area (Å²) >= 11 is 0. The van der Waals surface area contributed by atoms with Crippen molar-refractivity contribution in [2.45, 2.75) is 25.8 Å². The van der Waals surface area contributed by atoms with Crippen LogP contribution < -0.4 is 5.32 Å². The minimum absolute atomic E-state index is 0.389. The summed E-state index contributed by atoms with van der Waals surface area (Å²) in [6.45, 7) is 14.2. The van der Waals surface area contributed by atoms with Crippen molar-refractivity contribution in [1.82, 2.24) is 5.32 Å². The van der Waals surface area contributed by atoms with Gasteiger partial charge in [0.2, 0.25) is 0 Å². The number of hydrogen-bond acceptors (Lipinski definition) is 1. The van der Waals surface area contributed by atoms with E-state index in [1.807, 2.05) is 19.1 Å². The molecule has 1 heteroatoms. The molecule has 0 saturated carbocycles. The predicted molar refractivity (Wildman–Crippen MR) is 56.2 cm³/mol. The van der Waals surface area contributed by atoms with Gasteiger partial charge in [-0.3, -0.25) is 0 Å². The van der Waals surface area contributed by atoms with E-state index in [9.17, 15) is 0 Å². The highest BCUT2D eigenvalue weighted by Crippen LogP contribution is 2.04. The molecule has 0 bridgehead atoms. The molecule has 12 heavy (non-hydrogen) atoms. The fourth-order valence-corrected chi connectivity index (χ4v) is 0.940. The summed E-state index contributed by atoms with van der Waals surface area (Å²) in [6, 6.07) is 0.389. The summed E-state index contributed by atoms with van der Waals surface area (Å²) in [7, 11) is 0. The average molecular weight is 165 g/mol. The maximum Gasteiger partial charge on any atom is 0.0253 e. The van der Waals surface area contributed by atoms with Crippen molar-refractivity contribution in [2.24, 2.45) is 0 Å². The van der Waals surface area contributed by atoms with Crippen molar-refractivity contribution >= 4 is 0 Å². The van der Waals surface area contributed by atoms with Gasteiger partial charge in [0.25, 0.3) is 0 Å². The smallest absolute Gasteiger partial charge is 0.0253 e. The van der Waals surface area contributed by atoms with E-state index in [4.69, 9.17) is 0 Å². The molecule has 1 atom stereocenters. The van der Waals surface area contributed by atoms with Crippen molar-refractivity contribution < 1.29 is 0 Å². The second kappa shape index (κ2) is 6.86. The van der Waals surface area contributed by atoms with Crippen molar-refractivity contribution in [1.29, 1.82) is 0 Å². The molecule has 0 rings (SSSR count). The Morgan fingerprint density at radius 3 is 2.58 bits per heavy atom. The van der Waals surface area contributed by atoms with Crippen LogP contribution >= 0.6 is 0 Å². The lowest BCUT2D eigenvalue weighted by Crippen LogP contribution is -2.26. The van der Waals surface area contributed by atoms with Gasteiger partial charge in [0.15, 0.2) is 0 Å². The number of hydrogen-bond donors (Lipinski definition) is 1. The van der Waals surface area contributed by atoms with E-state index in [0.717, 1.165) is 19.4 Å². The quantitative estimate of drug-likeness (QED) is 0.572. The first kappa shape index (κ1) is 11.2. The number of rotatable bonds is 7. The summed E-state index contributed by atoms with van der Waals surface area (Å²) in [6.07, 6.45) is 5.93. The van der Waals surface area contributed by atoms with Crippen LogP contribution in [0, 0.1) is 0 Å². The highest BCUT2D eigenvalue weighted by Gasteiger charge is 2.00. The first-order valence-electron chi connectivity index (χ1n) is 4.32. The van der Waals surface area contributed by atoms with Crippen molar-refractivity contribution in [3.8, 4) is 0 Å². The first-order valence-corrected chi connectivity index (χ1v) is 4.32. The van der Waals surface area contributed by atoms with Crippen LogP contribution in [0.4, 0.5) is 0 Å². The standard InChI is InChI=1S/C11H19N/c1-5-9-12-11(6-2)8-7-10(3)4/h5-6,11-12H,1-3,7-9H2,4H3. The van der Waals surface area contributed by atoms with Gasteiger partial charge in [-0.1, -0.05) is 17.7 Å². The summed E-state index contributed by atoms with van der Waals surface area (Å²) in [5, 5.41) is 3.30. The van der Waals surface area contributed by atoms with Crippen molar-refractivity contribution in [2.75, 3.05) is 6.54 Å². The molecule has 68 valence electrons. The zero-order chi connectivity index (χ0) is 9.40. The Labute approximate surface area is 75.9 Å². The molecule has 0 heterocycles. The van der Waals surface area contributed by atoms with E-state index in [1.165, 1.54) is 5.57 Å². The summed E-state index contributed by atoms with van der Waals surface area (Å²) in [4.78, 5) is 0. The van der Waals surface area contributed by atoms with Crippen LogP contribution in [0.25, 0.3) is 0 Å². The van der Waals surface area contributed by atoms with Gasteiger partial charge < -0.3 is 5.32 Å². The Kier molecular flexibility index (Phi) is 6.39. The Hall–Kier alpha value is -0.820. The third kappa shape index (κ3) is 5.93. The Balaban J connectivity index is 3.59. The highest BCUT2D eigenvalue weighted by atomic mass is 14.9. The third-order valence-electron chi connectivity index (χ3n) is 1.69. The summed E-state index contributed by atoms with van der Waals surface area (Å²) < 4.78 is 0. The van der Waals surface area contributed by atoms with Crippen LogP contribution in [-0.2, 0) is 0 Å². The Morgan fingerprint density at radius 2 is 2.17 bits per heavy atom. The molecule has 0 aliphatic carbocycles. The largest absolute Gasteiger partial charge is 0.307 e. The molecule has 0 amide bonds. The van der Waals surface area contributed by atoms with Gasteiger partial charge in [0, 0.05) is 12.6 Å². The SMILES string of the molecule is C=CCNC(C=C)CCC(=C)C. The van der Waals surface area contributed by atoms with Crippen LogP contribution in [0.15, 0.2) is 37.5 Å². The highest BCUT2D eigenvalue weighted by molar-refractivity contribution is 4.94. The lowest BCUT2D eigenvalue weighted by Gasteiger charge is -2.12. The van der Waals surface area contributed by atoms with Crippen molar-refractivity contribution in [3.05, 3.63) is 37.5 Å². The summed E-state index contributed by atoms with van der Waals surface area (Å²) in [5.41, 5.74) is 1.22. The van der Waals surface area contributed by atoms with Gasteiger partial charge in [-0.15, -0.1) is 19.7 Å². The van der Waals surface area contributed by atoms with Gasteiger partial charge in [-0.2, -0.15) is 0 Å². The molecule has 0 aromatic heterocycles. The number of allylic oxidation sites excluding steroid dienone is 1. The topological polar surface area (TPSA) is 12.0 Å². The van der Waals surface area contributed by atoms with Crippen molar-refractivity contribution in [3.63, 3.8) is 0 Å². The number of nitrogens with one attached hydrogen (secondary N) is 1.